The van der Waals surface area contributed by atoms with Gasteiger partial charge in [0.05, 0.1) is 30.3 Å². The van der Waals surface area contributed by atoms with Crippen LogP contribution < -0.4 is 0 Å². The summed E-state index contributed by atoms with van der Waals surface area (Å²) < 4.78 is 1.99. The molecule has 1 aromatic heterocycles. The first-order valence-corrected chi connectivity index (χ1v) is 7.05. The van der Waals surface area contributed by atoms with Crippen molar-refractivity contribution >= 4 is 11.0 Å². The number of hydrogen-bond donors (Lipinski definition) is 2. The van der Waals surface area contributed by atoms with Gasteiger partial charge in [-0.25, -0.2) is 4.98 Å². The molecule has 0 fully saturated rings. The highest BCUT2D eigenvalue weighted by atomic mass is 16.3. The van der Waals surface area contributed by atoms with Crippen LogP contribution in [0.5, 0.6) is 0 Å². The highest BCUT2D eigenvalue weighted by Crippen LogP contribution is 2.19. The summed E-state index contributed by atoms with van der Waals surface area (Å²) in [6.07, 6.45) is -0.0784. The van der Waals surface area contributed by atoms with Gasteiger partial charge in [0, 0.05) is 6.42 Å². The van der Waals surface area contributed by atoms with Crippen LogP contribution in [0.3, 0.4) is 0 Å². The van der Waals surface area contributed by atoms with Gasteiger partial charge in [0.15, 0.2) is 0 Å². The van der Waals surface area contributed by atoms with Gasteiger partial charge in [0.25, 0.3) is 0 Å². The maximum atomic E-state index is 9.78. The molecule has 0 radical (unpaired) electrons. The minimum absolute atomic E-state index is 0.253. The van der Waals surface area contributed by atoms with Crippen LogP contribution in [-0.2, 0) is 13.0 Å². The highest BCUT2D eigenvalue weighted by molar-refractivity contribution is 5.76. The van der Waals surface area contributed by atoms with Crippen molar-refractivity contribution in [3.8, 4) is 0 Å². The van der Waals surface area contributed by atoms with Gasteiger partial charge in [-0.05, 0) is 17.7 Å². The average molecular weight is 282 g/mol. The van der Waals surface area contributed by atoms with Crippen molar-refractivity contribution < 1.29 is 10.2 Å². The van der Waals surface area contributed by atoms with Crippen LogP contribution in [-0.4, -0.2) is 32.5 Å². The molecule has 1 atom stereocenters. The van der Waals surface area contributed by atoms with Crippen LogP contribution in [0.15, 0.2) is 54.6 Å². The average Bonchev–Trinajstić information content (AvgIpc) is 2.86. The van der Waals surface area contributed by atoms with E-state index in [4.69, 9.17) is 5.11 Å². The van der Waals surface area contributed by atoms with E-state index in [1.807, 2.05) is 47.0 Å². The number of benzene rings is 2. The van der Waals surface area contributed by atoms with Crippen molar-refractivity contribution in [2.75, 3.05) is 6.61 Å². The van der Waals surface area contributed by atoms with Gasteiger partial charge in [0.1, 0.15) is 5.82 Å². The minimum atomic E-state index is -0.780. The van der Waals surface area contributed by atoms with Crippen LogP contribution >= 0.6 is 0 Å². The molecular weight excluding hydrogens is 264 g/mol. The highest BCUT2D eigenvalue weighted by Gasteiger charge is 2.13. The standard InChI is InChI=1S/C17H18N2O2/c20-12-14(21)11-19-16-9-5-4-8-15(16)18-17(19)10-13-6-2-1-3-7-13/h1-9,14,20-21H,10-12H2/t14-/m0/s1. The summed E-state index contributed by atoms with van der Waals surface area (Å²) in [5.74, 6) is 0.898. The molecular formula is C17H18N2O2. The molecule has 0 saturated carbocycles. The Hall–Kier alpha value is -2.17. The van der Waals surface area contributed by atoms with Gasteiger partial charge in [-0.2, -0.15) is 0 Å². The molecule has 3 aromatic rings. The molecule has 0 amide bonds. The van der Waals surface area contributed by atoms with E-state index in [2.05, 4.69) is 17.1 Å². The molecule has 0 aliphatic rings. The van der Waals surface area contributed by atoms with Crippen molar-refractivity contribution in [2.45, 2.75) is 19.1 Å². The molecule has 0 spiro atoms. The third-order valence-corrected chi connectivity index (χ3v) is 3.54. The van der Waals surface area contributed by atoms with Gasteiger partial charge >= 0.3 is 0 Å². The van der Waals surface area contributed by atoms with Gasteiger partial charge in [-0.3, -0.25) is 0 Å². The molecule has 21 heavy (non-hydrogen) atoms. The monoisotopic (exact) mass is 282 g/mol. The number of nitrogens with zero attached hydrogens (tertiary/aromatic N) is 2. The minimum Gasteiger partial charge on any atom is -0.394 e. The van der Waals surface area contributed by atoms with Crippen molar-refractivity contribution in [3.63, 3.8) is 0 Å². The second kappa shape index (κ2) is 6.08. The van der Waals surface area contributed by atoms with E-state index >= 15 is 0 Å². The second-order valence-corrected chi connectivity index (χ2v) is 5.13. The van der Waals surface area contributed by atoms with E-state index in [9.17, 15) is 5.11 Å². The molecule has 4 heteroatoms. The first-order chi connectivity index (χ1) is 10.3. The van der Waals surface area contributed by atoms with Gasteiger partial charge in [-0.15, -0.1) is 0 Å². The largest absolute Gasteiger partial charge is 0.394 e. The number of imidazole rings is 1. The maximum Gasteiger partial charge on any atom is 0.114 e. The fourth-order valence-electron chi connectivity index (χ4n) is 2.51. The predicted octanol–water partition coefficient (Wildman–Crippen LogP) is 1.98. The summed E-state index contributed by atoms with van der Waals surface area (Å²) in [4.78, 5) is 4.67. The Kier molecular flexibility index (Phi) is 3.99. The lowest BCUT2D eigenvalue weighted by Crippen LogP contribution is -2.21. The Morgan fingerprint density at radius 2 is 1.71 bits per heavy atom. The molecule has 1 heterocycles. The van der Waals surface area contributed by atoms with Crippen LogP contribution in [0.1, 0.15) is 11.4 Å². The van der Waals surface area contributed by atoms with Crippen molar-refractivity contribution in [3.05, 3.63) is 66.0 Å². The van der Waals surface area contributed by atoms with Gasteiger partial charge < -0.3 is 14.8 Å². The molecule has 2 aromatic carbocycles. The number of fused-ring (bicyclic) bond motifs is 1. The lowest BCUT2D eigenvalue weighted by atomic mass is 10.1. The Bertz CT molecular complexity index is 722. The van der Waals surface area contributed by atoms with Crippen molar-refractivity contribution in [2.24, 2.45) is 0 Å². The molecule has 0 unspecified atom stereocenters. The lowest BCUT2D eigenvalue weighted by molar-refractivity contribution is 0.0815. The number of aromatic nitrogens is 2. The molecule has 0 saturated heterocycles. The summed E-state index contributed by atoms with van der Waals surface area (Å²) in [6.45, 7) is 0.0937. The summed E-state index contributed by atoms with van der Waals surface area (Å²) in [7, 11) is 0. The SMILES string of the molecule is OC[C@@H](O)Cn1c(Cc2ccccc2)nc2ccccc21. The summed E-state index contributed by atoms with van der Waals surface area (Å²) in [5, 5.41) is 18.9. The van der Waals surface area contributed by atoms with Crippen molar-refractivity contribution in [1.82, 2.24) is 9.55 Å². The Morgan fingerprint density at radius 1 is 1.00 bits per heavy atom. The zero-order valence-corrected chi connectivity index (χ0v) is 11.7. The number of aliphatic hydroxyl groups is 2. The summed E-state index contributed by atoms with van der Waals surface area (Å²) >= 11 is 0. The van der Waals surface area contributed by atoms with Crippen LogP contribution in [0.2, 0.25) is 0 Å². The van der Waals surface area contributed by atoms with Crippen LogP contribution in [0, 0.1) is 0 Å². The van der Waals surface area contributed by atoms with E-state index < -0.39 is 6.10 Å². The zero-order chi connectivity index (χ0) is 14.7. The lowest BCUT2D eigenvalue weighted by Gasteiger charge is -2.12. The molecule has 2 N–H and O–H groups in total. The third kappa shape index (κ3) is 2.96. The molecule has 108 valence electrons. The zero-order valence-electron chi connectivity index (χ0n) is 11.7. The first-order valence-electron chi connectivity index (χ1n) is 7.05. The van der Waals surface area contributed by atoms with E-state index in [0.717, 1.165) is 16.9 Å². The normalized spacial score (nSPS) is 12.7. The predicted molar refractivity (Wildman–Crippen MR) is 82.1 cm³/mol. The van der Waals surface area contributed by atoms with Gasteiger partial charge in [-0.1, -0.05) is 42.5 Å². The maximum absolute atomic E-state index is 9.78. The van der Waals surface area contributed by atoms with E-state index in [1.54, 1.807) is 0 Å². The quantitative estimate of drug-likeness (QED) is 0.752. The third-order valence-electron chi connectivity index (χ3n) is 3.54. The van der Waals surface area contributed by atoms with Crippen LogP contribution in [0.25, 0.3) is 11.0 Å². The number of rotatable bonds is 5. The Labute approximate surface area is 123 Å². The number of hydrogen-bond acceptors (Lipinski definition) is 3. The fourth-order valence-corrected chi connectivity index (χ4v) is 2.51. The number of para-hydroxylation sites is 2. The van der Waals surface area contributed by atoms with Crippen LogP contribution in [0.4, 0.5) is 0 Å². The topological polar surface area (TPSA) is 58.3 Å². The molecule has 0 aliphatic heterocycles. The second-order valence-electron chi connectivity index (χ2n) is 5.13. The molecule has 3 rings (SSSR count). The van der Waals surface area contributed by atoms with Crippen molar-refractivity contribution in [1.29, 1.82) is 0 Å². The first kappa shape index (κ1) is 13.8. The van der Waals surface area contributed by atoms with Gasteiger partial charge in [0.2, 0.25) is 0 Å². The molecule has 0 aliphatic carbocycles. The summed E-state index contributed by atoms with van der Waals surface area (Å²) in [5.41, 5.74) is 3.07. The fraction of sp³-hybridized carbons (Fsp3) is 0.235. The number of aliphatic hydroxyl groups excluding tert-OH is 2. The summed E-state index contributed by atoms with van der Waals surface area (Å²) in [6, 6.07) is 18.0. The Balaban J connectivity index is 2.02. The van der Waals surface area contributed by atoms with E-state index in [-0.39, 0.29) is 6.61 Å². The van der Waals surface area contributed by atoms with E-state index in [0.29, 0.717) is 13.0 Å². The smallest absolute Gasteiger partial charge is 0.114 e. The molecule has 0 bridgehead atoms. The Morgan fingerprint density at radius 3 is 2.48 bits per heavy atom. The molecule has 4 nitrogen and oxygen atoms in total. The van der Waals surface area contributed by atoms with E-state index in [1.165, 1.54) is 5.56 Å².